The molecule has 2 aromatic carbocycles. The Balaban J connectivity index is 1.04. The van der Waals surface area contributed by atoms with Crippen molar-refractivity contribution in [3.8, 4) is 45.1 Å². The highest BCUT2D eigenvalue weighted by atomic mass is 16.5. The molecule has 0 spiro atoms. The quantitative estimate of drug-likeness (QED) is 0.0681. The molecule has 0 radical (unpaired) electrons. The van der Waals surface area contributed by atoms with E-state index in [0.29, 0.717) is 62.7 Å². The number of aromatic amines is 2. The Kier molecular flexibility index (Phi) is 16.2. The largest absolute Gasteiger partial charge is 0.491 e. The number of amides is 4. The Bertz CT molecular complexity index is 2190. The van der Waals surface area contributed by atoms with Gasteiger partial charge in [0.15, 0.2) is 0 Å². The summed E-state index contributed by atoms with van der Waals surface area (Å²) in [5.41, 5.74) is 4.81. The average Bonchev–Trinajstić information content (AvgIpc) is 4.22. The fourth-order valence-electron chi connectivity index (χ4n) is 10.5. The minimum Gasteiger partial charge on any atom is -0.491 e. The maximum absolute atomic E-state index is 14.1. The zero-order chi connectivity index (χ0) is 47.6. The van der Waals surface area contributed by atoms with E-state index in [1.807, 2.05) is 46.2 Å². The topological polar surface area (TPSA) is 212 Å². The van der Waals surface area contributed by atoms with Crippen molar-refractivity contribution in [3.05, 3.63) is 60.4 Å². The normalized spacial score (nSPS) is 19.5. The summed E-state index contributed by atoms with van der Waals surface area (Å²) in [6, 6.07) is 10.1. The van der Waals surface area contributed by atoms with Crippen molar-refractivity contribution < 1.29 is 47.6 Å². The van der Waals surface area contributed by atoms with Gasteiger partial charge < -0.3 is 58.8 Å². The minimum atomic E-state index is -0.646. The third kappa shape index (κ3) is 10.9. The first-order chi connectivity index (χ1) is 33.2. The third-order valence-corrected chi connectivity index (χ3v) is 14.1. The lowest BCUT2D eigenvalue weighted by atomic mass is 9.96. The first kappa shape index (κ1) is 48.3. The van der Waals surface area contributed by atoms with Crippen LogP contribution in [0.3, 0.4) is 0 Å². The molecule has 4 atom stereocenters. The van der Waals surface area contributed by atoms with Gasteiger partial charge >= 0.3 is 12.2 Å². The first-order valence-electron chi connectivity index (χ1n) is 24.1. The summed E-state index contributed by atoms with van der Waals surface area (Å²) in [4.78, 5) is 73.3. The van der Waals surface area contributed by atoms with E-state index in [4.69, 9.17) is 38.4 Å². The summed E-state index contributed by atoms with van der Waals surface area (Å²) >= 11 is 0. The summed E-state index contributed by atoms with van der Waals surface area (Å²) < 4.78 is 33.4. The molecule has 2 aliphatic carbocycles. The fraction of sp³-hybridized carbons (Fsp3) is 0.560. The molecule has 2 saturated heterocycles. The molecule has 4 aromatic rings. The number of alkyl carbamates (subject to hydrolysis) is 2. The van der Waals surface area contributed by atoms with Crippen molar-refractivity contribution in [1.29, 1.82) is 0 Å². The molecule has 4 N–H and O–H groups in total. The van der Waals surface area contributed by atoms with Crippen LogP contribution in [0.1, 0.15) is 101 Å². The number of likely N-dealkylation sites (tertiary alicyclic amines) is 2. The third-order valence-electron chi connectivity index (χ3n) is 14.1. The van der Waals surface area contributed by atoms with Crippen molar-refractivity contribution >= 4 is 24.0 Å². The van der Waals surface area contributed by atoms with Gasteiger partial charge in [-0.05, 0) is 87.5 Å². The van der Waals surface area contributed by atoms with Gasteiger partial charge in [-0.25, -0.2) is 19.6 Å². The number of H-pyrrole nitrogens is 2. The van der Waals surface area contributed by atoms with Crippen molar-refractivity contribution in [2.75, 3.05) is 68.0 Å². The number of rotatable bonds is 19. The summed E-state index contributed by atoms with van der Waals surface area (Å²) in [7, 11) is 5.89. The predicted molar refractivity (Wildman–Crippen MR) is 252 cm³/mol. The van der Waals surface area contributed by atoms with Crippen LogP contribution in [0.25, 0.3) is 33.6 Å². The van der Waals surface area contributed by atoms with Crippen LogP contribution in [0, 0.1) is 11.8 Å². The van der Waals surface area contributed by atoms with Crippen LogP contribution < -0.4 is 20.1 Å². The van der Waals surface area contributed by atoms with Crippen molar-refractivity contribution in [1.82, 2.24) is 40.4 Å². The van der Waals surface area contributed by atoms with Crippen LogP contribution in [-0.2, 0) is 28.5 Å². The molecule has 4 aliphatic rings. The van der Waals surface area contributed by atoms with Gasteiger partial charge in [0.2, 0.25) is 11.8 Å². The van der Waals surface area contributed by atoms with E-state index in [1.54, 1.807) is 26.6 Å². The molecule has 68 heavy (non-hydrogen) atoms. The summed E-state index contributed by atoms with van der Waals surface area (Å²) in [6.07, 6.45) is 13.2. The van der Waals surface area contributed by atoms with E-state index in [2.05, 4.69) is 20.6 Å². The number of hydrogen-bond donors (Lipinski definition) is 4. The predicted octanol–water partition coefficient (Wildman–Crippen LogP) is 7.34. The Hall–Kier alpha value is -6.14. The van der Waals surface area contributed by atoms with Crippen LogP contribution in [-0.4, -0.2) is 134 Å². The Morgan fingerprint density at radius 3 is 1.38 bits per heavy atom. The molecule has 4 amide bonds. The van der Waals surface area contributed by atoms with E-state index in [-0.39, 0.29) is 35.7 Å². The molecule has 366 valence electrons. The zero-order valence-electron chi connectivity index (χ0n) is 39.7. The standard InChI is InChI=1S/C50H66N8O10/c1-63-23-25-67-41-27-33(37-29-51-45(53-37)39-15-9-21-57(39)47(59)43(55-49(61)65-3)31-11-5-6-12-31)17-19-35(41)36-20-18-34(28-42(36)68-26-24-64-2)38-30-52-46(54-38)40-16-10-22-58(40)48(60)44(56-50(62)66-4)32-13-7-8-14-32/h17-20,27-32,39-40,43-44H,5-16,21-26H2,1-4H3,(H,51,53)(H,52,54)(H,55,61)(H,56,62)/t39-,40-,43-,44-/m0/s1. The maximum Gasteiger partial charge on any atom is 0.407 e. The van der Waals surface area contributed by atoms with Gasteiger partial charge in [-0.3, -0.25) is 9.59 Å². The van der Waals surface area contributed by atoms with Crippen molar-refractivity contribution in [2.45, 2.75) is 101 Å². The smallest absolute Gasteiger partial charge is 0.407 e. The van der Waals surface area contributed by atoms with Crippen LogP contribution in [0.2, 0.25) is 0 Å². The first-order valence-corrected chi connectivity index (χ1v) is 24.1. The van der Waals surface area contributed by atoms with Gasteiger partial charge in [-0.15, -0.1) is 0 Å². The lowest BCUT2D eigenvalue weighted by Gasteiger charge is -2.31. The highest BCUT2D eigenvalue weighted by Gasteiger charge is 2.42. The molecular weight excluding hydrogens is 873 g/mol. The number of benzene rings is 2. The molecule has 2 aromatic heterocycles. The van der Waals surface area contributed by atoms with Gasteiger partial charge in [0, 0.05) is 49.6 Å². The molecule has 2 saturated carbocycles. The molecule has 18 nitrogen and oxygen atoms in total. The summed E-state index contributed by atoms with van der Waals surface area (Å²) in [6.45, 7) is 2.51. The summed E-state index contributed by atoms with van der Waals surface area (Å²) in [5.74, 6) is 2.51. The van der Waals surface area contributed by atoms with E-state index in [0.717, 1.165) is 111 Å². The Morgan fingerprint density at radius 1 is 0.588 bits per heavy atom. The van der Waals surface area contributed by atoms with E-state index < -0.39 is 24.3 Å². The second kappa shape index (κ2) is 22.8. The van der Waals surface area contributed by atoms with Gasteiger partial charge in [0.25, 0.3) is 0 Å². The van der Waals surface area contributed by atoms with Crippen molar-refractivity contribution in [3.63, 3.8) is 0 Å². The molecule has 4 fully saturated rings. The summed E-state index contributed by atoms with van der Waals surface area (Å²) in [5, 5.41) is 5.69. The van der Waals surface area contributed by atoms with Crippen molar-refractivity contribution in [2.24, 2.45) is 11.8 Å². The van der Waals surface area contributed by atoms with Gasteiger partial charge in [-0.1, -0.05) is 37.8 Å². The van der Waals surface area contributed by atoms with Crippen LogP contribution >= 0.6 is 0 Å². The van der Waals surface area contributed by atoms with Crippen LogP contribution in [0.15, 0.2) is 48.8 Å². The second-order valence-electron chi connectivity index (χ2n) is 18.2. The number of nitrogens with zero attached hydrogens (tertiary/aromatic N) is 4. The van der Waals surface area contributed by atoms with Gasteiger partial charge in [0.05, 0.1) is 63.3 Å². The SMILES string of the molecule is COCCOc1cc(-c2cnc([C@@H]3CCCN3C(=O)[C@@H](NC(=O)OC)C3CCCC3)[nH]2)ccc1-c1ccc(-c2cnc([C@@H]3CCCN3C(=O)[C@@H](NC(=O)OC)C3CCCC3)[nH]2)cc1OCCOC. The highest BCUT2D eigenvalue weighted by molar-refractivity contribution is 5.88. The van der Waals surface area contributed by atoms with Gasteiger partial charge in [0.1, 0.15) is 48.4 Å². The van der Waals surface area contributed by atoms with Gasteiger partial charge in [-0.2, -0.15) is 0 Å². The number of nitrogens with one attached hydrogen (secondary N) is 4. The zero-order valence-corrected chi connectivity index (χ0v) is 39.7. The Morgan fingerprint density at radius 2 is 1.00 bits per heavy atom. The number of hydrogen-bond acceptors (Lipinski definition) is 12. The number of methoxy groups -OCH3 is 4. The highest BCUT2D eigenvalue weighted by Crippen LogP contribution is 2.42. The Labute approximate surface area is 397 Å². The lowest BCUT2D eigenvalue weighted by molar-refractivity contribution is -0.136. The van der Waals surface area contributed by atoms with E-state index in [1.165, 1.54) is 14.2 Å². The number of carbonyl (C=O) groups is 4. The molecule has 0 unspecified atom stereocenters. The molecule has 8 rings (SSSR count). The minimum absolute atomic E-state index is 0.0659. The number of carbonyl (C=O) groups excluding carboxylic acids is 4. The monoisotopic (exact) mass is 938 g/mol. The van der Waals surface area contributed by atoms with Crippen LogP contribution in [0.4, 0.5) is 9.59 Å². The molecule has 0 bridgehead atoms. The number of imidazole rings is 2. The van der Waals surface area contributed by atoms with E-state index >= 15 is 0 Å². The van der Waals surface area contributed by atoms with E-state index in [9.17, 15) is 19.2 Å². The molecular formula is C50H66N8O10. The van der Waals surface area contributed by atoms with Crippen LogP contribution in [0.5, 0.6) is 11.5 Å². The molecule has 18 heteroatoms. The molecule has 4 heterocycles. The second-order valence-corrected chi connectivity index (χ2v) is 18.2. The number of ether oxygens (including phenoxy) is 6. The average molecular weight is 939 g/mol. The molecule has 2 aliphatic heterocycles. The lowest BCUT2D eigenvalue weighted by Crippen LogP contribution is -2.51. The maximum atomic E-state index is 14.1. The fourth-order valence-corrected chi connectivity index (χ4v) is 10.5. The number of aromatic nitrogens is 4.